The Bertz CT molecular complexity index is 632. The Morgan fingerprint density at radius 2 is 2.09 bits per heavy atom. The zero-order chi connectivity index (χ0) is 16.6. The van der Waals surface area contributed by atoms with Crippen LogP contribution in [0.4, 0.5) is 14.9 Å². The molecule has 3 rings (SSSR count). The molecule has 2 aliphatic heterocycles. The van der Waals surface area contributed by atoms with Crippen LogP contribution in [0.3, 0.4) is 0 Å². The van der Waals surface area contributed by atoms with Crippen LogP contribution >= 0.6 is 0 Å². The number of carboxylic acids is 1. The first-order valence-electron chi connectivity index (χ1n) is 7.31. The van der Waals surface area contributed by atoms with E-state index in [1.165, 1.54) is 6.07 Å². The molecule has 1 unspecified atom stereocenters. The summed E-state index contributed by atoms with van der Waals surface area (Å²) in [4.78, 5) is 23.7. The van der Waals surface area contributed by atoms with Crippen LogP contribution < -0.4 is 4.90 Å². The van der Waals surface area contributed by atoms with E-state index in [0.29, 0.717) is 29.9 Å². The molecule has 6 nitrogen and oxygen atoms in total. The second kappa shape index (κ2) is 6.37. The third-order valence-corrected chi connectivity index (χ3v) is 5.59. The van der Waals surface area contributed by atoms with E-state index in [1.807, 2.05) is 0 Å². The van der Waals surface area contributed by atoms with Crippen LogP contribution in [0.25, 0.3) is 0 Å². The van der Waals surface area contributed by atoms with Gasteiger partial charge in [-0.1, -0.05) is 17.2 Å². The summed E-state index contributed by atoms with van der Waals surface area (Å²) in [5.74, 6) is -0.492. The summed E-state index contributed by atoms with van der Waals surface area (Å²) >= 11 is -0.808. The number of aliphatic carboxylic acids is 1. The van der Waals surface area contributed by atoms with E-state index in [9.17, 15) is 18.5 Å². The molecule has 124 valence electrons. The average molecular weight is 341 g/mol. The van der Waals surface area contributed by atoms with Crippen LogP contribution in [-0.2, 0) is 20.7 Å². The van der Waals surface area contributed by atoms with Crippen molar-refractivity contribution in [1.82, 2.24) is 0 Å². The molecule has 1 aromatic rings. The van der Waals surface area contributed by atoms with Gasteiger partial charge in [0, 0.05) is 0 Å². The standard InChI is InChI=1S/C15H16FNO5S/c16-12-7-10(17-8-13(14(18)19)22-15(17)20)1-2-11(12)9-3-5-23(21)6-4-9/h1-2,7,9,13H,3-6,8H2,(H,18,19)/t9-,13?,23-. The Morgan fingerprint density at radius 3 is 2.65 bits per heavy atom. The van der Waals surface area contributed by atoms with Crippen molar-refractivity contribution in [3.63, 3.8) is 0 Å². The summed E-state index contributed by atoms with van der Waals surface area (Å²) in [7, 11) is 0. The predicted molar refractivity (Wildman–Crippen MR) is 81.5 cm³/mol. The van der Waals surface area contributed by atoms with E-state index < -0.39 is 35.2 Å². The molecular weight excluding hydrogens is 325 g/mol. The highest BCUT2D eigenvalue weighted by molar-refractivity contribution is 7.91. The molecule has 0 bridgehead atoms. The lowest BCUT2D eigenvalue weighted by Crippen LogP contribution is -2.28. The lowest BCUT2D eigenvalue weighted by Gasteiger charge is -2.25. The zero-order valence-electron chi connectivity index (χ0n) is 12.2. The first-order chi connectivity index (χ1) is 11.0. The van der Waals surface area contributed by atoms with Crippen LogP contribution in [0.1, 0.15) is 24.3 Å². The number of halogens is 1. The minimum absolute atomic E-state index is 0.0269. The largest absolute Gasteiger partial charge is 0.616 e. The molecule has 2 heterocycles. The van der Waals surface area contributed by atoms with Crippen molar-refractivity contribution < 1.29 is 28.4 Å². The van der Waals surface area contributed by atoms with Crippen molar-refractivity contribution in [1.29, 1.82) is 0 Å². The first kappa shape index (κ1) is 16.1. The second-order valence-electron chi connectivity index (χ2n) is 5.65. The number of hydrogen-bond donors (Lipinski definition) is 1. The van der Waals surface area contributed by atoms with Gasteiger partial charge in [-0.3, -0.25) is 4.90 Å². The second-order valence-corrected chi connectivity index (χ2v) is 7.35. The zero-order valence-corrected chi connectivity index (χ0v) is 13.1. The highest BCUT2D eigenvalue weighted by atomic mass is 32.2. The van der Waals surface area contributed by atoms with E-state index in [-0.39, 0.29) is 18.2 Å². The Labute approximate surface area is 135 Å². The molecule has 1 amide bonds. The summed E-state index contributed by atoms with van der Waals surface area (Å²) < 4.78 is 30.5. The number of hydrogen-bond acceptors (Lipinski definition) is 4. The molecule has 2 saturated heterocycles. The number of nitrogens with zero attached hydrogens (tertiary/aromatic N) is 1. The van der Waals surface area contributed by atoms with Crippen LogP contribution in [0.5, 0.6) is 0 Å². The molecule has 2 aliphatic rings. The molecular formula is C15H16FNO5S. The van der Waals surface area contributed by atoms with Gasteiger partial charge in [0.05, 0.1) is 12.2 Å². The third-order valence-electron chi connectivity index (χ3n) is 4.21. The first-order valence-corrected chi connectivity index (χ1v) is 8.80. The van der Waals surface area contributed by atoms with Gasteiger partial charge < -0.3 is 14.4 Å². The fourth-order valence-corrected chi connectivity index (χ4v) is 4.22. The quantitative estimate of drug-likeness (QED) is 0.848. The fourth-order valence-electron chi connectivity index (χ4n) is 2.92. The Balaban J connectivity index is 1.77. The summed E-state index contributed by atoms with van der Waals surface area (Å²) in [5.41, 5.74) is 0.826. The number of carbonyl (C=O) groups excluding carboxylic acids is 1. The van der Waals surface area contributed by atoms with Gasteiger partial charge in [0.1, 0.15) is 17.3 Å². The van der Waals surface area contributed by atoms with Crippen molar-refractivity contribution in [2.45, 2.75) is 24.9 Å². The number of rotatable bonds is 3. The van der Waals surface area contributed by atoms with Gasteiger partial charge in [-0.25, -0.2) is 14.0 Å². The molecule has 2 fully saturated rings. The Morgan fingerprint density at radius 1 is 1.39 bits per heavy atom. The minimum Gasteiger partial charge on any atom is -0.616 e. The lowest BCUT2D eigenvalue weighted by molar-refractivity contribution is -0.144. The number of carbonyl (C=O) groups is 2. The van der Waals surface area contributed by atoms with E-state index in [4.69, 9.17) is 9.84 Å². The molecule has 0 aromatic heterocycles. The lowest BCUT2D eigenvalue weighted by atomic mass is 9.93. The molecule has 8 heteroatoms. The van der Waals surface area contributed by atoms with E-state index in [0.717, 1.165) is 4.90 Å². The van der Waals surface area contributed by atoms with E-state index >= 15 is 0 Å². The number of carboxylic acid groups (broad SMARTS) is 1. The SMILES string of the molecule is O=C(O)C1CN(c2ccc([C@H]3CC[S@+]([O-])CC3)c(F)c2)C(=O)O1. The maximum atomic E-state index is 14.4. The van der Waals surface area contributed by atoms with Crippen molar-refractivity contribution in [3.05, 3.63) is 29.6 Å². The van der Waals surface area contributed by atoms with Gasteiger partial charge in [-0.2, -0.15) is 0 Å². The van der Waals surface area contributed by atoms with Crippen molar-refractivity contribution in [2.75, 3.05) is 23.0 Å². The normalized spacial score (nSPS) is 27.8. The molecule has 0 aliphatic carbocycles. The van der Waals surface area contributed by atoms with Crippen LogP contribution in [0.2, 0.25) is 0 Å². The Hall–Kier alpha value is -1.80. The summed E-state index contributed by atoms with van der Waals surface area (Å²) in [6.45, 7) is -0.143. The molecule has 23 heavy (non-hydrogen) atoms. The van der Waals surface area contributed by atoms with Gasteiger partial charge in [0.25, 0.3) is 0 Å². The van der Waals surface area contributed by atoms with E-state index in [1.54, 1.807) is 12.1 Å². The van der Waals surface area contributed by atoms with Gasteiger partial charge in [-0.05, 0) is 36.5 Å². The Kier molecular flexibility index (Phi) is 4.45. The van der Waals surface area contributed by atoms with Crippen LogP contribution in [0, 0.1) is 5.82 Å². The van der Waals surface area contributed by atoms with Crippen LogP contribution in [-0.4, -0.2) is 45.9 Å². The van der Waals surface area contributed by atoms with Gasteiger partial charge >= 0.3 is 12.1 Å². The van der Waals surface area contributed by atoms with Crippen molar-refractivity contribution >= 4 is 28.9 Å². The summed E-state index contributed by atoms with van der Waals surface area (Å²) in [6, 6.07) is 4.44. The van der Waals surface area contributed by atoms with Crippen molar-refractivity contribution in [3.8, 4) is 0 Å². The molecule has 0 radical (unpaired) electrons. The number of anilines is 1. The fraction of sp³-hybridized carbons (Fsp3) is 0.467. The van der Waals surface area contributed by atoms with Crippen LogP contribution in [0.15, 0.2) is 18.2 Å². The number of benzene rings is 1. The highest BCUT2D eigenvalue weighted by Crippen LogP contribution is 2.33. The van der Waals surface area contributed by atoms with Gasteiger partial charge in [-0.15, -0.1) is 0 Å². The van der Waals surface area contributed by atoms with Crippen molar-refractivity contribution in [2.24, 2.45) is 0 Å². The average Bonchev–Trinajstić information content (AvgIpc) is 2.90. The topological polar surface area (TPSA) is 89.9 Å². The maximum Gasteiger partial charge on any atom is 0.415 e. The number of amides is 1. The maximum absolute atomic E-state index is 14.4. The van der Waals surface area contributed by atoms with E-state index in [2.05, 4.69) is 0 Å². The minimum atomic E-state index is -1.24. The summed E-state index contributed by atoms with van der Waals surface area (Å²) in [6.07, 6.45) is -0.679. The number of cyclic esters (lactones) is 1. The number of ether oxygens (including phenoxy) is 1. The van der Waals surface area contributed by atoms with Gasteiger partial charge in [0.2, 0.25) is 6.10 Å². The molecule has 1 atom stereocenters. The molecule has 1 N–H and O–H groups in total. The monoisotopic (exact) mass is 341 g/mol. The molecule has 0 saturated carbocycles. The molecule has 1 aromatic carbocycles. The summed E-state index contributed by atoms with van der Waals surface area (Å²) in [5, 5.41) is 8.88. The van der Waals surface area contributed by atoms with Gasteiger partial charge in [0.15, 0.2) is 0 Å². The highest BCUT2D eigenvalue weighted by Gasteiger charge is 2.37. The predicted octanol–water partition coefficient (Wildman–Crippen LogP) is 1.86. The smallest absolute Gasteiger partial charge is 0.415 e. The third kappa shape index (κ3) is 3.28. The molecule has 0 spiro atoms.